The van der Waals surface area contributed by atoms with E-state index in [4.69, 9.17) is 0 Å². The summed E-state index contributed by atoms with van der Waals surface area (Å²) >= 11 is 0. The molecule has 20 heavy (non-hydrogen) atoms. The van der Waals surface area contributed by atoms with Gasteiger partial charge in [-0.3, -0.25) is 14.7 Å². The molecule has 2 unspecified atom stereocenters. The molecular formula is C16H18N2O2. The lowest BCUT2D eigenvalue weighted by atomic mass is 10.0. The molecule has 4 nitrogen and oxygen atoms in total. The maximum atomic E-state index is 11.3. The van der Waals surface area contributed by atoms with Crippen LogP contribution in [0.3, 0.4) is 0 Å². The van der Waals surface area contributed by atoms with Crippen molar-refractivity contribution in [3.63, 3.8) is 0 Å². The quantitative estimate of drug-likeness (QED) is 0.931. The molecule has 2 heterocycles. The van der Waals surface area contributed by atoms with E-state index in [1.165, 1.54) is 0 Å². The first-order valence-corrected chi connectivity index (χ1v) is 6.99. The second-order valence-electron chi connectivity index (χ2n) is 5.39. The average molecular weight is 270 g/mol. The molecule has 0 spiro atoms. The lowest BCUT2D eigenvalue weighted by Crippen LogP contribution is -2.37. The predicted molar refractivity (Wildman–Crippen MR) is 77.5 cm³/mol. The largest absolute Gasteiger partial charge is 0.480 e. The van der Waals surface area contributed by atoms with Crippen LogP contribution >= 0.6 is 0 Å². The Hall–Kier alpha value is -1.94. The Bertz CT molecular complexity index is 641. The van der Waals surface area contributed by atoms with Crippen molar-refractivity contribution in [3.8, 4) is 0 Å². The zero-order valence-electron chi connectivity index (χ0n) is 11.5. The summed E-state index contributed by atoms with van der Waals surface area (Å²) in [6.07, 6.45) is 5.34. The number of likely N-dealkylation sites (tertiary alicyclic amines) is 1. The number of carboxylic acids is 1. The van der Waals surface area contributed by atoms with Gasteiger partial charge in [0.15, 0.2) is 0 Å². The molecule has 1 aliphatic heterocycles. The van der Waals surface area contributed by atoms with Gasteiger partial charge in [-0.25, -0.2) is 0 Å². The van der Waals surface area contributed by atoms with Crippen molar-refractivity contribution in [1.82, 2.24) is 9.88 Å². The minimum atomic E-state index is -0.709. The summed E-state index contributed by atoms with van der Waals surface area (Å²) in [6, 6.07) is 8.03. The van der Waals surface area contributed by atoms with E-state index in [-0.39, 0.29) is 12.1 Å². The summed E-state index contributed by atoms with van der Waals surface area (Å²) in [5.74, 6) is -0.709. The van der Waals surface area contributed by atoms with Gasteiger partial charge in [0.05, 0.1) is 0 Å². The lowest BCUT2D eigenvalue weighted by Gasteiger charge is -2.28. The fraction of sp³-hybridized carbons (Fsp3) is 0.375. The first-order valence-electron chi connectivity index (χ1n) is 6.99. The molecule has 0 saturated carbocycles. The summed E-state index contributed by atoms with van der Waals surface area (Å²) in [6.45, 7) is 2.94. The highest BCUT2D eigenvalue weighted by Gasteiger charge is 2.34. The third kappa shape index (κ3) is 2.27. The highest BCUT2D eigenvalue weighted by Crippen LogP contribution is 2.30. The summed E-state index contributed by atoms with van der Waals surface area (Å²) < 4.78 is 0. The second-order valence-corrected chi connectivity index (χ2v) is 5.39. The minimum absolute atomic E-state index is 0.121. The van der Waals surface area contributed by atoms with Gasteiger partial charge in [-0.2, -0.15) is 0 Å². The van der Waals surface area contributed by atoms with E-state index in [9.17, 15) is 9.90 Å². The zero-order valence-corrected chi connectivity index (χ0v) is 11.5. The number of hydrogen-bond acceptors (Lipinski definition) is 3. The van der Waals surface area contributed by atoms with Gasteiger partial charge in [0.2, 0.25) is 0 Å². The van der Waals surface area contributed by atoms with Crippen molar-refractivity contribution in [2.75, 3.05) is 6.54 Å². The smallest absolute Gasteiger partial charge is 0.320 e. The van der Waals surface area contributed by atoms with Crippen LogP contribution < -0.4 is 0 Å². The lowest BCUT2D eigenvalue weighted by molar-refractivity contribution is -0.142. The summed E-state index contributed by atoms with van der Waals surface area (Å²) in [5, 5.41) is 11.6. The van der Waals surface area contributed by atoms with Gasteiger partial charge in [0.25, 0.3) is 0 Å². The van der Waals surface area contributed by atoms with Crippen LogP contribution in [0.5, 0.6) is 0 Å². The predicted octanol–water partition coefficient (Wildman–Crippen LogP) is 2.84. The molecule has 2 aromatic rings. The van der Waals surface area contributed by atoms with Gasteiger partial charge < -0.3 is 5.11 Å². The second kappa shape index (κ2) is 5.21. The van der Waals surface area contributed by atoms with Crippen LogP contribution in [0, 0.1) is 0 Å². The summed E-state index contributed by atoms with van der Waals surface area (Å²) in [7, 11) is 0. The molecule has 1 N–H and O–H groups in total. The summed E-state index contributed by atoms with van der Waals surface area (Å²) in [4.78, 5) is 17.5. The van der Waals surface area contributed by atoms with E-state index in [1.807, 2.05) is 12.3 Å². The first kappa shape index (κ1) is 13.1. The molecule has 1 aromatic heterocycles. The maximum Gasteiger partial charge on any atom is 0.320 e. The molecule has 3 rings (SSSR count). The molecule has 1 saturated heterocycles. The highest BCUT2D eigenvalue weighted by molar-refractivity contribution is 5.82. The number of benzene rings is 1. The first-order chi connectivity index (χ1) is 9.66. The fourth-order valence-electron chi connectivity index (χ4n) is 3.07. The molecule has 1 aliphatic rings. The molecule has 0 bridgehead atoms. The number of carboxylic acid groups (broad SMARTS) is 1. The highest BCUT2D eigenvalue weighted by atomic mass is 16.4. The van der Waals surface area contributed by atoms with Crippen LogP contribution in [0.15, 0.2) is 36.7 Å². The van der Waals surface area contributed by atoms with E-state index in [0.29, 0.717) is 0 Å². The minimum Gasteiger partial charge on any atom is -0.480 e. The summed E-state index contributed by atoms with van der Waals surface area (Å²) in [5.41, 5.74) is 1.16. The Morgan fingerprint density at radius 2 is 2.25 bits per heavy atom. The van der Waals surface area contributed by atoms with Crippen LogP contribution in [0.25, 0.3) is 10.8 Å². The van der Waals surface area contributed by atoms with Crippen LogP contribution in [-0.4, -0.2) is 33.5 Å². The van der Waals surface area contributed by atoms with Crippen molar-refractivity contribution >= 4 is 16.7 Å². The van der Waals surface area contributed by atoms with Crippen LogP contribution in [-0.2, 0) is 4.79 Å². The number of nitrogens with zero attached hydrogens (tertiary/aromatic N) is 2. The van der Waals surface area contributed by atoms with Crippen molar-refractivity contribution in [1.29, 1.82) is 0 Å². The Morgan fingerprint density at radius 1 is 1.40 bits per heavy atom. The van der Waals surface area contributed by atoms with E-state index in [0.717, 1.165) is 35.7 Å². The van der Waals surface area contributed by atoms with Gasteiger partial charge in [0, 0.05) is 23.8 Å². The number of hydrogen-bond donors (Lipinski definition) is 1. The molecule has 1 fully saturated rings. The average Bonchev–Trinajstić information content (AvgIpc) is 2.95. The van der Waals surface area contributed by atoms with E-state index in [2.05, 4.69) is 35.0 Å². The normalized spacial score (nSPS) is 21.1. The SMILES string of the molecule is CC(c1ccc2cnccc2c1)N1CCCC1C(=O)O. The Kier molecular flexibility index (Phi) is 3.40. The number of pyridine rings is 1. The van der Waals surface area contributed by atoms with Crippen molar-refractivity contribution < 1.29 is 9.90 Å². The zero-order chi connectivity index (χ0) is 14.1. The number of aliphatic carboxylic acids is 1. The topological polar surface area (TPSA) is 53.4 Å². The molecule has 4 heteroatoms. The van der Waals surface area contributed by atoms with Gasteiger partial charge in [-0.1, -0.05) is 12.1 Å². The molecular weight excluding hydrogens is 252 g/mol. The molecule has 0 aliphatic carbocycles. The third-order valence-electron chi connectivity index (χ3n) is 4.22. The van der Waals surface area contributed by atoms with Crippen molar-refractivity contribution in [2.24, 2.45) is 0 Å². The number of aromatic nitrogens is 1. The van der Waals surface area contributed by atoms with E-state index in [1.54, 1.807) is 6.20 Å². The monoisotopic (exact) mass is 270 g/mol. The number of carbonyl (C=O) groups is 1. The third-order valence-corrected chi connectivity index (χ3v) is 4.22. The van der Waals surface area contributed by atoms with Crippen LogP contribution in [0.2, 0.25) is 0 Å². The standard InChI is InChI=1S/C16H18N2O2/c1-11(18-8-2-3-15(18)16(19)20)12-4-5-14-10-17-7-6-13(14)9-12/h4-7,9-11,15H,2-3,8H2,1H3,(H,19,20). The van der Waals surface area contributed by atoms with E-state index < -0.39 is 5.97 Å². The molecule has 104 valence electrons. The van der Waals surface area contributed by atoms with Gasteiger partial charge in [-0.15, -0.1) is 0 Å². The Balaban J connectivity index is 1.91. The fourth-order valence-corrected chi connectivity index (χ4v) is 3.07. The van der Waals surface area contributed by atoms with Crippen LogP contribution in [0.4, 0.5) is 0 Å². The molecule has 1 aromatic carbocycles. The van der Waals surface area contributed by atoms with Crippen molar-refractivity contribution in [3.05, 3.63) is 42.2 Å². The molecule has 0 radical (unpaired) electrons. The Labute approximate surface area is 118 Å². The molecule has 2 atom stereocenters. The van der Waals surface area contributed by atoms with Crippen molar-refractivity contribution in [2.45, 2.75) is 31.8 Å². The van der Waals surface area contributed by atoms with Gasteiger partial charge in [-0.05, 0) is 49.4 Å². The number of rotatable bonds is 3. The maximum absolute atomic E-state index is 11.3. The van der Waals surface area contributed by atoms with E-state index >= 15 is 0 Å². The number of fused-ring (bicyclic) bond motifs is 1. The van der Waals surface area contributed by atoms with Crippen LogP contribution in [0.1, 0.15) is 31.4 Å². The van der Waals surface area contributed by atoms with Gasteiger partial charge >= 0.3 is 5.97 Å². The van der Waals surface area contributed by atoms with Gasteiger partial charge in [0.1, 0.15) is 6.04 Å². The Morgan fingerprint density at radius 3 is 3.05 bits per heavy atom. The molecule has 0 amide bonds.